The van der Waals surface area contributed by atoms with Crippen LogP contribution in [0.5, 0.6) is 0 Å². The van der Waals surface area contributed by atoms with E-state index in [1.165, 1.54) is 0 Å². The van der Waals surface area contributed by atoms with Gasteiger partial charge in [-0.25, -0.2) is 8.42 Å². The van der Waals surface area contributed by atoms with Crippen LogP contribution in [0.3, 0.4) is 0 Å². The van der Waals surface area contributed by atoms with Crippen LogP contribution in [-0.4, -0.2) is 50.4 Å². The fraction of sp³-hybridized carbons (Fsp3) is 0.389. The minimum Gasteiger partial charge on any atom is -0.343 e. The van der Waals surface area contributed by atoms with Crippen molar-refractivity contribution in [3.63, 3.8) is 0 Å². The Hall–Kier alpha value is -1.70. The molecule has 1 aromatic carbocycles. The topological polar surface area (TPSA) is 66.5 Å². The van der Waals surface area contributed by atoms with Crippen molar-refractivity contribution in [3.05, 3.63) is 58.3 Å². The van der Waals surface area contributed by atoms with Crippen molar-refractivity contribution >= 4 is 27.1 Å². The lowest BCUT2D eigenvalue weighted by Gasteiger charge is -2.24. The van der Waals surface area contributed by atoms with E-state index in [9.17, 15) is 13.2 Å². The molecule has 5 nitrogen and oxygen atoms in total. The van der Waals surface area contributed by atoms with Gasteiger partial charge in [-0.15, -0.1) is 11.3 Å². The maximum atomic E-state index is 12.6. The van der Waals surface area contributed by atoms with Gasteiger partial charge in [0.25, 0.3) is 0 Å². The van der Waals surface area contributed by atoms with Crippen LogP contribution in [0.15, 0.2) is 47.8 Å². The molecule has 0 bridgehead atoms. The van der Waals surface area contributed by atoms with Crippen LogP contribution in [0.2, 0.25) is 0 Å². The number of rotatable bonds is 6. The lowest BCUT2D eigenvalue weighted by Crippen LogP contribution is -2.42. The summed E-state index contributed by atoms with van der Waals surface area (Å²) >= 11 is 1.60. The van der Waals surface area contributed by atoms with E-state index in [-0.39, 0.29) is 36.0 Å². The predicted octanol–water partition coefficient (Wildman–Crippen LogP) is 2.07. The first-order valence-electron chi connectivity index (χ1n) is 8.23. The Balaban J connectivity index is 1.67. The molecule has 134 valence electrons. The second-order valence-electron chi connectivity index (χ2n) is 6.40. The zero-order chi connectivity index (χ0) is 17.9. The quantitative estimate of drug-likeness (QED) is 0.836. The van der Waals surface area contributed by atoms with E-state index in [0.717, 1.165) is 10.4 Å². The Morgan fingerprint density at radius 2 is 2.04 bits per heavy atom. The number of thiophene rings is 1. The first kappa shape index (κ1) is 18.1. The van der Waals surface area contributed by atoms with Crippen LogP contribution in [0.25, 0.3) is 0 Å². The third kappa shape index (κ3) is 4.68. The maximum absolute atomic E-state index is 12.6. The standard InChI is InChI=1S/C18H22N2O3S2/c1-20(15-9-11-25(22,23)13-15)12-17(21)19-18(16-8-5-10-24-16)14-6-3-2-4-7-14/h2-8,10,15,18H,9,11-13H2,1H3,(H,19,21)/t15-,18+/m1/s1. The van der Waals surface area contributed by atoms with Gasteiger partial charge in [0.15, 0.2) is 9.84 Å². The molecule has 1 aliphatic heterocycles. The van der Waals surface area contributed by atoms with Crippen LogP contribution in [-0.2, 0) is 14.6 Å². The van der Waals surface area contributed by atoms with Crippen LogP contribution in [0, 0.1) is 0 Å². The molecule has 7 heteroatoms. The van der Waals surface area contributed by atoms with Gasteiger partial charge in [0.1, 0.15) is 0 Å². The number of benzene rings is 1. The third-order valence-corrected chi connectivity index (χ3v) is 7.18. The SMILES string of the molecule is CN(CC(=O)N[C@@H](c1ccccc1)c1cccs1)[C@@H]1CCS(=O)(=O)C1. The summed E-state index contributed by atoms with van der Waals surface area (Å²) in [5.41, 5.74) is 1.03. The zero-order valence-corrected chi connectivity index (χ0v) is 15.7. The lowest BCUT2D eigenvalue weighted by molar-refractivity contribution is -0.122. The van der Waals surface area contributed by atoms with Gasteiger partial charge in [0.2, 0.25) is 5.91 Å². The molecule has 1 aliphatic rings. The molecule has 0 spiro atoms. The fourth-order valence-corrected chi connectivity index (χ4v) is 5.71. The van der Waals surface area contributed by atoms with Crippen molar-refractivity contribution in [2.24, 2.45) is 0 Å². The molecule has 1 amide bonds. The van der Waals surface area contributed by atoms with Gasteiger partial charge in [0, 0.05) is 10.9 Å². The number of nitrogens with zero attached hydrogens (tertiary/aromatic N) is 1. The Labute approximate surface area is 152 Å². The van der Waals surface area contributed by atoms with Crippen molar-refractivity contribution in [2.45, 2.75) is 18.5 Å². The average molecular weight is 379 g/mol. The van der Waals surface area contributed by atoms with E-state index >= 15 is 0 Å². The number of likely N-dealkylation sites (N-methyl/N-ethyl adjacent to an activating group) is 1. The van der Waals surface area contributed by atoms with Crippen molar-refractivity contribution < 1.29 is 13.2 Å². The van der Waals surface area contributed by atoms with E-state index in [1.807, 2.05) is 59.8 Å². The number of hydrogen-bond donors (Lipinski definition) is 1. The summed E-state index contributed by atoms with van der Waals surface area (Å²) in [7, 11) is -1.14. The predicted molar refractivity (Wildman–Crippen MR) is 100 cm³/mol. The van der Waals surface area contributed by atoms with Gasteiger partial charge in [-0.2, -0.15) is 0 Å². The van der Waals surface area contributed by atoms with Crippen LogP contribution in [0.1, 0.15) is 22.9 Å². The van der Waals surface area contributed by atoms with E-state index < -0.39 is 9.84 Å². The second-order valence-corrected chi connectivity index (χ2v) is 9.61. The highest BCUT2D eigenvalue weighted by atomic mass is 32.2. The smallest absolute Gasteiger partial charge is 0.234 e. The zero-order valence-electron chi connectivity index (χ0n) is 14.1. The molecule has 2 heterocycles. The summed E-state index contributed by atoms with van der Waals surface area (Å²) in [6.07, 6.45) is 0.596. The van der Waals surface area contributed by atoms with Gasteiger partial charge in [-0.3, -0.25) is 9.69 Å². The summed E-state index contributed by atoms with van der Waals surface area (Å²) < 4.78 is 23.2. The first-order valence-corrected chi connectivity index (χ1v) is 10.9. The van der Waals surface area contributed by atoms with Gasteiger partial charge in [-0.05, 0) is 30.5 Å². The molecule has 2 atom stereocenters. The van der Waals surface area contributed by atoms with Crippen molar-refractivity contribution in [1.82, 2.24) is 10.2 Å². The monoisotopic (exact) mass is 378 g/mol. The highest BCUT2D eigenvalue weighted by molar-refractivity contribution is 7.91. The summed E-state index contributed by atoms with van der Waals surface area (Å²) in [6, 6.07) is 13.6. The molecule has 1 aromatic heterocycles. The third-order valence-electron chi connectivity index (χ3n) is 4.49. The van der Waals surface area contributed by atoms with Gasteiger partial charge in [-0.1, -0.05) is 36.4 Å². The summed E-state index contributed by atoms with van der Waals surface area (Å²) in [6.45, 7) is 0.189. The Morgan fingerprint density at radius 1 is 1.28 bits per heavy atom. The minimum absolute atomic E-state index is 0.0762. The Kier molecular flexibility index (Phi) is 5.56. The Morgan fingerprint density at radius 3 is 2.64 bits per heavy atom. The molecule has 0 saturated carbocycles. The number of amides is 1. The number of nitrogens with one attached hydrogen (secondary N) is 1. The highest BCUT2D eigenvalue weighted by Crippen LogP contribution is 2.26. The molecule has 3 rings (SSSR count). The molecule has 2 aromatic rings. The Bertz CT molecular complexity index is 804. The van der Waals surface area contributed by atoms with Gasteiger partial charge >= 0.3 is 0 Å². The van der Waals surface area contributed by atoms with E-state index in [2.05, 4.69) is 5.32 Å². The number of hydrogen-bond acceptors (Lipinski definition) is 5. The van der Waals surface area contributed by atoms with E-state index in [1.54, 1.807) is 11.3 Å². The second kappa shape index (κ2) is 7.68. The minimum atomic E-state index is -2.95. The average Bonchev–Trinajstić information content (AvgIpc) is 3.23. The molecular formula is C18H22N2O3S2. The number of carbonyl (C=O) groups excluding carboxylic acids is 1. The molecule has 0 unspecified atom stereocenters. The summed E-state index contributed by atoms with van der Waals surface area (Å²) in [4.78, 5) is 15.5. The molecule has 25 heavy (non-hydrogen) atoms. The molecule has 0 radical (unpaired) electrons. The van der Waals surface area contributed by atoms with Crippen molar-refractivity contribution in [3.8, 4) is 0 Å². The van der Waals surface area contributed by atoms with Crippen molar-refractivity contribution in [2.75, 3.05) is 25.1 Å². The van der Waals surface area contributed by atoms with Crippen LogP contribution in [0.4, 0.5) is 0 Å². The molecule has 1 fully saturated rings. The van der Waals surface area contributed by atoms with E-state index in [0.29, 0.717) is 6.42 Å². The summed E-state index contributed by atoms with van der Waals surface area (Å²) in [5, 5.41) is 5.08. The maximum Gasteiger partial charge on any atom is 0.234 e. The molecule has 1 saturated heterocycles. The largest absolute Gasteiger partial charge is 0.343 e. The molecule has 1 N–H and O–H groups in total. The fourth-order valence-electron chi connectivity index (χ4n) is 3.11. The first-order chi connectivity index (χ1) is 11.9. The molecule has 0 aliphatic carbocycles. The van der Waals surface area contributed by atoms with Crippen molar-refractivity contribution in [1.29, 1.82) is 0 Å². The van der Waals surface area contributed by atoms with Gasteiger partial charge in [0.05, 0.1) is 24.1 Å². The highest BCUT2D eigenvalue weighted by Gasteiger charge is 2.31. The summed E-state index contributed by atoms with van der Waals surface area (Å²) in [5.74, 6) is 0.254. The number of carbonyl (C=O) groups is 1. The number of sulfone groups is 1. The van der Waals surface area contributed by atoms with Crippen LogP contribution >= 0.6 is 11.3 Å². The lowest BCUT2D eigenvalue weighted by atomic mass is 10.1. The van der Waals surface area contributed by atoms with Gasteiger partial charge < -0.3 is 5.32 Å². The normalized spacial score (nSPS) is 20.5. The van der Waals surface area contributed by atoms with Crippen LogP contribution < -0.4 is 5.32 Å². The molecular weight excluding hydrogens is 356 g/mol. The van der Waals surface area contributed by atoms with E-state index in [4.69, 9.17) is 0 Å².